The SMILES string of the molecule is Cc1nc(C2CC3CCC2C3)ncc1[C@@H](C)N. The average Bonchev–Trinajstić information content (AvgIpc) is 2.89. The molecule has 2 aliphatic rings. The standard InChI is InChI=1S/C14H21N3/c1-8(15)13-7-16-14(17-9(13)2)12-6-10-3-4-11(12)5-10/h7-8,10-12H,3-6,15H2,1-2H3/t8-,10?,11?,12?/m1/s1. The van der Waals surface area contributed by atoms with E-state index in [-0.39, 0.29) is 6.04 Å². The minimum absolute atomic E-state index is 0.0316. The van der Waals surface area contributed by atoms with Crippen LogP contribution in [-0.2, 0) is 0 Å². The van der Waals surface area contributed by atoms with E-state index in [1.54, 1.807) is 0 Å². The highest BCUT2D eigenvalue weighted by Gasteiger charge is 2.41. The summed E-state index contributed by atoms with van der Waals surface area (Å²) in [4.78, 5) is 9.27. The zero-order valence-corrected chi connectivity index (χ0v) is 10.7. The monoisotopic (exact) mass is 231 g/mol. The van der Waals surface area contributed by atoms with Gasteiger partial charge in [-0.15, -0.1) is 0 Å². The number of nitrogens with zero attached hydrogens (tertiary/aromatic N) is 2. The molecule has 92 valence electrons. The van der Waals surface area contributed by atoms with Crippen molar-refractivity contribution in [3.63, 3.8) is 0 Å². The second kappa shape index (κ2) is 4.05. The number of hydrogen-bond acceptors (Lipinski definition) is 3. The van der Waals surface area contributed by atoms with Crippen LogP contribution in [-0.4, -0.2) is 9.97 Å². The lowest BCUT2D eigenvalue weighted by Gasteiger charge is -2.21. The van der Waals surface area contributed by atoms with Gasteiger partial charge in [0, 0.05) is 29.4 Å². The fourth-order valence-corrected chi connectivity index (χ4v) is 3.68. The molecular formula is C14H21N3. The smallest absolute Gasteiger partial charge is 0.131 e. The maximum absolute atomic E-state index is 5.90. The third-order valence-electron chi connectivity index (χ3n) is 4.60. The van der Waals surface area contributed by atoms with Crippen LogP contribution in [0, 0.1) is 18.8 Å². The normalized spacial score (nSPS) is 33.0. The zero-order chi connectivity index (χ0) is 12.0. The molecule has 1 aromatic rings. The molecule has 2 bridgehead atoms. The minimum Gasteiger partial charge on any atom is -0.324 e. The van der Waals surface area contributed by atoms with Crippen LogP contribution in [0.25, 0.3) is 0 Å². The van der Waals surface area contributed by atoms with Gasteiger partial charge in [-0.1, -0.05) is 6.42 Å². The third kappa shape index (κ3) is 1.86. The Balaban J connectivity index is 1.87. The summed E-state index contributed by atoms with van der Waals surface area (Å²) in [7, 11) is 0. The molecule has 0 aliphatic heterocycles. The summed E-state index contributed by atoms with van der Waals surface area (Å²) in [6, 6.07) is 0.0316. The molecule has 2 fully saturated rings. The van der Waals surface area contributed by atoms with Crippen molar-refractivity contribution in [2.24, 2.45) is 17.6 Å². The summed E-state index contributed by atoms with van der Waals surface area (Å²) < 4.78 is 0. The topological polar surface area (TPSA) is 51.8 Å². The predicted octanol–water partition coefficient (Wildman–Crippen LogP) is 2.71. The first-order chi connectivity index (χ1) is 8.15. The van der Waals surface area contributed by atoms with Crippen LogP contribution in [0.3, 0.4) is 0 Å². The van der Waals surface area contributed by atoms with Gasteiger partial charge in [0.25, 0.3) is 0 Å². The quantitative estimate of drug-likeness (QED) is 0.851. The van der Waals surface area contributed by atoms with E-state index in [2.05, 4.69) is 11.9 Å². The van der Waals surface area contributed by atoms with E-state index in [1.165, 1.54) is 25.7 Å². The van der Waals surface area contributed by atoms with E-state index in [0.29, 0.717) is 5.92 Å². The fourth-order valence-electron chi connectivity index (χ4n) is 3.68. The van der Waals surface area contributed by atoms with E-state index in [0.717, 1.165) is 28.9 Å². The van der Waals surface area contributed by atoms with Crippen molar-refractivity contribution in [3.8, 4) is 0 Å². The van der Waals surface area contributed by atoms with Gasteiger partial charge in [0.1, 0.15) is 5.82 Å². The van der Waals surface area contributed by atoms with Gasteiger partial charge in [0.2, 0.25) is 0 Å². The maximum atomic E-state index is 5.90. The second-order valence-electron chi connectivity index (χ2n) is 5.84. The molecule has 2 aliphatic carbocycles. The number of aromatic nitrogens is 2. The van der Waals surface area contributed by atoms with Crippen LogP contribution in [0.1, 0.15) is 61.6 Å². The Hall–Kier alpha value is -0.960. The zero-order valence-electron chi connectivity index (χ0n) is 10.7. The van der Waals surface area contributed by atoms with E-state index in [1.807, 2.05) is 13.1 Å². The molecular weight excluding hydrogens is 210 g/mol. The van der Waals surface area contributed by atoms with E-state index >= 15 is 0 Å². The van der Waals surface area contributed by atoms with Gasteiger partial charge >= 0.3 is 0 Å². The van der Waals surface area contributed by atoms with Crippen molar-refractivity contribution in [1.29, 1.82) is 0 Å². The first-order valence-corrected chi connectivity index (χ1v) is 6.74. The number of rotatable bonds is 2. The second-order valence-corrected chi connectivity index (χ2v) is 5.84. The molecule has 0 aromatic carbocycles. The van der Waals surface area contributed by atoms with Crippen molar-refractivity contribution in [2.75, 3.05) is 0 Å². The summed E-state index contributed by atoms with van der Waals surface area (Å²) in [5, 5.41) is 0. The summed E-state index contributed by atoms with van der Waals surface area (Å²) in [6.07, 6.45) is 7.46. The van der Waals surface area contributed by atoms with Gasteiger partial charge in [-0.25, -0.2) is 9.97 Å². The predicted molar refractivity (Wildman–Crippen MR) is 67.6 cm³/mol. The van der Waals surface area contributed by atoms with Crippen LogP contribution >= 0.6 is 0 Å². The average molecular weight is 231 g/mol. The Labute approximate surface area is 103 Å². The lowest BCUT2D eigenvalue weighted by atomic mass is 9.88. The summed E-state index contributed by atoms with van der Waals surface area (Å²) >= 11 is 0. The van der Waals surface area contributed by atoms with Gasteiger partial charge in [0.05, 0.1) is 0 Å². The Morgan fingerprint density at radius 2 is 2.18 bits per heavy atom. The van der Waals surface area contributed by atoms with Crippen LogP contribution in [0.2, 0.25) is 0 Å². The molecule has 0 spiro atoms. The molecule has 1 heterocycles. The molecule has 2 saturated carbocycles. The lowest BCUT2D eigenvalue weighted by molar-refractivity contribution is 0.404. The highest BCUT2D eigenvalue weighted by atomic mass is 14.9. The largest absolute Gasteiger partial charge is 0.324 e. The Morgan fingerprint density at radius 3 is 2.71 bits per heavy atom. The van der Waals surface area contributed by atoms with Crippen molar-refractivity contribution in [2.45, 2.75) is 51.5 Å². The molecule has 17 heavy (non-hydrogen) atoms. The maximum Gasteiger partial charge on any atom is 0.131 e. The van der Waals surface area contributed by atoms with Crippen LogP contribution in [0.4, 0.5) is 0 Å². The van der Waals surface area contributed by atoms with Crippen molar-refractivity contribution in [3.05, 3.63) is 23.3 Å². The van der Waals surface area contributed by atoms with Crippen LogP contribution in [0.5, 0.6) is 0 Å². The molecule has 3 nitrogen and oxygen atoms in total. The van der Waals surface area contributed by atoms with Crippen molar-refractivity contribution in [1.82, 2.24) is 9.97 Å². The van der Waals surface area contributed by atoms with Crippen LogP contribution in [0.15, 0.2) is 6.20 Å². The molecule has 0 amide bonds. The number of aryl methyl sites for hydroxylation is 1. The fraction of sp³-hybridized carbons (Fsp3) is 0.714. The first kappa shape index (κ1) is 11.1. The molecule has 3 unspecified atom stereocenters. The van der Waals surface area contributed by atoms with Crippen molar-refractivity contribution < 1.29 is 0 Å². The lowest BCUT2D eigenvalue weighted by Crippen LogP contribution is -2.15. The molecule has 0 radical (unpaired) electrons. The third-order valence-corrected chi connectivity index (χ3v) is 4.60. The number of nitrogens with two attached hydrogens (primary N) is 1. The van der Waals surface area contributed by atoms with Gasteiger partial charge in [-0.3, -0.25) is 0 Å². The van der Waals surface area contributed by atoms with Crippen LogP contribution < -0.4 is 5.73 Å². The molecule has 1 aromatic heterocycles. The Morgan fingerprint density at radius 1 is 1.35 bits per heavy atom. The van der Waals surface area contributed by atoms with Gasteiger partial charge in [0.15, 0.2) is 0 Å². The highest BCUT2D eigenvalue weighted by Crippen LogP contribution is 2.52. The molecule has 3 rings (SSSR count). The Kier molecular flexibility index (Phi) is 2.66. The van der Waals surface area contributed by atoms with Gasteiger partial charge in [-0.2, -0.15) is 0 Å². The van der Waals surface area contributed by atoms with Crippen molar-refractivity contribution >= 4 is 0 Å². The number of fused-ring (bicyclic) bond motifs is 2. The van der Waals surface area contributed by atoms with E-state index in [9.17, 15) is 0 Å². The van der Waals surface area contributed by atoms with Gasteiger partial charge < -0.3 is 5.73 Å². The van der Waals surface area contributed by atoms with E-state index < -0.39 is 0 Å². The summed E-state index contributed by atoms with van der Waals surface area (Å²) in [5.41, 5.74) is 8.04. The number of hydrogen-bond donors (Lipinski definition) is 1. The minimum atomic E-state index is 0.0316. The molecule has 3 heteroatoms. The molecule has 2 N–H and O–H groups in total. The summed E-state index contributed by atoms with van der Waals surface area (Å²) in [5.74, 6) is 3.48. The molecule has 4 atom stereocenters. The summed E-state index contributed by atoms with van der Waals surface area (Å²) in [6.45, 7) is 4.04. The Bertz CT molecular complexity index is 427. The first-order valence-electron chi connectivity index (χ1n) is 6.74. The highest BCUT2D eigenvalue weighted by molar-refractivity contribution is 5.21. The molecule has 0 saturated heterocycles. The van der Waals surface area contributed by atoms with E-state index in [4.69, 9.17) is 10.7 Å². The van der Waals surface area contributed by atoms with Gasteiger partial charge in [-0.05, 0) is 44.9 Å².